The van der Waals surface area contributed by atoms with E-state index in [1.165, 1.54) is 0 Å². The van der Waals surface area contributed by atoms with E-state index in [1.54, 1.807) is 12.1 Å². The number of benzene rings is 2. The highest BCUT2D eigenvalue weighted by Gasteiger charge is 2.03. The molecular formula is C17H15IN2O. The van der Waals surface area contributed by atoms with E-state index in [9.17, 15) is 4.79 Å². The molecule has 2 rings (SSSR count). The Morgan fingerprint density at radius 1 is 1.10 bits per heavy atom. The summed E-state index contributed by atoms with van der Waals surface area (Å²) < 4.78 is 1.09. The lowest BCUT2D eigenvalue weighted by Gasteiger charge is -2.00. The summed E-state index contributed by atoms with van der Waals surface area (Å²) in [6.07, 6.45) is 3.82. The van der Waals surface area contributed by atoms with Crippen LogP contribution in [-0.4, -0.2) is 11.6 Å². The maximum atomic E-state index is 11.9. The molecule has 0 spiro atoms. The highest BCUT2D eigenvalue weighted by molar-refractivity contribution is 14.1. The fourth-order valence-electron chi connectivity index (χ4n) is 1.62. The number of amides is 1. The number of nitrogens with zero attached hydrogens (tertiary/aromatic N) is 1. The summed E-state index contributed by atoms with van der Waals surface area (Å²) in [5.74, 6) is -0.209. The van der Waals surface area contributed by atoms with E-state index in [0.29, 0.717) is 5.56 Å². The molecule has 0 radical (unpaired) electrons. The first-order chi connectivity index (χ1) is 10.1. The summed E-state index contributed by atoms with van der Waals surface area (Å²) in [7, 11) is 0. The number of rotatable bonds is 4. The molecule has 0 aliphatic rings. The van der Waals surface area contributed by atoms with Crippen LogP contribution in [0.4, 0.5) is 0 Å². The molecule has 0 unspecified atom stereocenters. The first-order valence-corrected chi connectivity index (χ1v) is 7.56. The van der Waals surface area contributed by atoms with Crippen molar-refractivity contribution in [2.45, 2.75) is 6.92 Å². The normalized spacial score (nSPS) is 11.6. The fraction of sp³-hybridized carbons (Fsp3) is 0.0588. The van der Waals surface area contributed by atoms with Gasteiger partial charge in [0.1, 0.15) is 0 Å². The number of hydrazone groups is 1. The smallest absolute Gasteiger partial charge is 0.267 e. The van der Waals surface area contributed by atoms with Crippen molar-refractivity contribution in [1.82, 2.24) is 5.43 Å². The molecule has 0 aliphatic heterocycles. The van der Waals surface area contributed by atoms with Crippen LogP contribution in [0.2, 0.25) is 0 Å². The number of hydrogen-bond acceptors (Lipinski definition) is 2. The lowest BCUT2D eigenvalue weighted by atomic mass is 10.2. The van der Waals surface area contributed by atoms with Gasteiger partial charge in [-0.2, -0.15) is 5.10 Å². The minimum Gasteiger partial charge on any atom is -0.267 e. The van der Waals surface area contributed by atoms with E-state index >= 15 is 0 Å². The number of hydrogen-bond donors (Lipinski definition) is 1. The zero-order valence-electron chi connectivity index (χ0n) is 11.6. The molecule has 0 heterocycles. The van der Waals surface area contributed by atoms with E-state index in [0.717, 1.165) is 14.8 Å². The molecule has 3 nitrogen and oxygen atoms in total. The lowest BCUT2D eigenvalue weighted by Crippen LogP contribution is -2.18. The molecule has 0 aromatic heterocycles. The van der Waals surface area contributed by atoms with E-state index in [-0.39, 0.29) is 5.91 Å². The van der Waals surface area contributed by atoms with Crippen LogP contribution in [0, 0.1) is 3.57 Å². The zero-order valence-corrected chi connectivity index (χ0v) is 13.7. The van der Waals surface area contributed by atoms with Gasteiger partial charge in [0.15, 0.2) is 0 Å². The van der Waals surface area contributed by atoms with Crippen molar-refractivity contribution in [3.05, 3.63) is 75.4 Å². The van der Waals surface area contributed by atoms with Gasteiger partial charge in [-0.15, -0.1) is 0 Å². The molecule has 0 fully saturated rings. The average molecular weight is 390 g/mol. The van der Waals surface area contributed by atoms with E-state index in [1.807, 2.05) is 61.5 Å². The average Bonchev–Trinajstić information content (AvgIpc) is 2.52. The largest absolute Gasteiger partial charge is 0.271 e. The van der Waals surface area contributed by atoms with Gasteiger partial charge in [0.05, 0.1) is 5.71 Å². The molecule has 2 aromatic rings. The highest BCUT2D eigenvalue weighted by Crippen LogP contribution is 2.06. The second-order valence-corrected chi connectivity index (χ2v) is 5.69. The Labute approximate surface area is 137 Å². The van der Waals surface area contributed by atoms with Crippen LogP contribution < -0.4 is 5.43 Å². The summed E-state index contributed by atoms with van der Waals surface area (Å²) >= 11 is 2.20. The van der Waals surface area contributed by atoms with Gasteiger partial charge in [-0.3, -0.25) is 4.79 Å². The number of nitrogens with one attached hydrogen (secondary N) is 1. The quantitative estimate of drug-likeness (QED) is 0.477. The molecule has 1 N–H and O–H groups in total. The monoisotopic (exact) mass is 390 g/mol. The minimum atomic E-state index is -0.209. The maximum absolute atomic E-state index is 11.9. The Morgan fingerprint density at radius 2 is 1.76 bits per heavy atom. The van der Waals surface area contributed by atoms with E-state index < -0.39 is 0 Å². The van der Waals surface area contributed by atoms with Crippen molar-refractivity contribution in [1.29, 1.82) is 0 Å². The van der Waals surface area contributed by atoms with Crippen LogP contribution in [0.15, 0.2) is 65.8 Å². The van der Waals surface area contributed by atoms with Crippen molar-refractivity contribution < 1.29 is 4.79 Å². The third-order valence-electron chi connectivity index (χ3n) is 2.76. The predicted octanol–water partition coefficient (Wildman–Crippen LogP) is 4.11. The van der Waals surface area contributed by atoms with Gasteiger partial charge < -0.3 is 0 Å². The van der Waals surface area contributed by atoms with Crippen LogP contribution in [0.5, 0.6) is 0 Å². The molecule has 0 atom stereocenters. The second kappa shape index (κ2) is 7.73. The van der Waals surface area contributed by atoms with Gasteiger partial charge in [0, 0.05) is 9.13 Å². The molecule has 1 amide bonds. The van der Waals surface area contributed by atoms with Crippen molar-refractivity contribution >= 4 is 40.3 Å². The number of carbonyl (C=O) groups is 1. The molecule has 0 bridgehead atoms. The zero-order chi connectivity index (χ0) is 15.1. The van der Waals surface area contributed by atoms with Gasteiger partial charge in [-0.25, -0.2) is 5.43 Å². The molecule has 106 valence electrons. The Kier molecular flexibility index (Phi) is 5.68. The number of allylic oxidation sites excluding steroid dienone is 1. The van der Waals surface area contributed by atoms with Gasteiger partial charge in [0.2, 0.25) is 0 Å². The van der Waals surface area contributed by atoms with Crippen LogP contribution >= 0.6 is 22.6 Å². The van der Waals surface area contributed by atoms with Crippen molar-refractivity contribution in [3.63, 3.8) is 0 Å². The molecule has 21 heavy (non-hydrogen) atoms. The van der Waals surface area contributed by atoms with E-state index in [2.05, 4.69) is 33.1 Å². The standard InChI is InChI=1S/C17H15IN2O/c1-13(7-8-14-5-3-2-4-6-14)19-20-17(21)15-9-11-16(18)12-10-15/h2-12H,1H3,(H,20,21). The highest BCUT2D eigenvalue weighted by atomic mass is 127. The van der Waals surface area contributed by atoms with E-state index in [4.69, 9.17) is 0 Å². The minimum absolute atomic E-state index is 0.209. The number of carbonyl (C=O) groups excluding carboxylic acids is 1. The predicted molar refractivity (Wildman–Crippen MR) is 95.2 cm³/mol. The lowest BCUT2D eigenvalue weighted by molar-refractivity contribution is 0.0955. The summed E-state index contributed by atoms with van der Waals surface area (Å²) in [6, 6.07) is 17.3. The first kappa shape index (κ1) is 15.4. The van der Waals surface area contributed by atoms with Gasteiger partial charge >= 0.3 is 0 Å². The topological polar surface area (TPSA) is 41.5 Å². The van der Waals surface area contributed by atoms with Gasteiger partial charge in [-0.1, -0.05) is 36.4 Å². The Balaban J connectivity index is 1.95. The van der Waals surface area contributed by atoms with Crippen LogP contribution in [0.1, 0.15) is 22.8 Å². The summed E-state index contributed by atoms with van der Waals surface area (Å²) in [6.45, 7) is 1.84. The molecular weight excluding hydrogens is 375 g/mol. The first-order valence-electron chi connectivity index (χ1n) is 6.48. The Bertz CT molecular complexity index is 661. The maximum Gasteiger partial charge on any atom is 0.271 e. The van der Waals surface area contributed by atoms with Gasteiger partial charge in [-0.05, 0) is 65.4 Å². The SMILES string of the molecule is CC(C=Cc1ccccc1)=NNC(=O)c1ccc(I)cc1. The Morgan fingerprint density at radius 3 is 2.43 bits per heavy atom. The summed E-state index contributed by atoms with van der Waals surface area (Å²) in [5, 5.41) is 4.07. The van der Waals surface area contributed by atoms with Crippen molar-refractivity contribution in [3.8, 4) is 0 Å². The molecule has 0 aliphatic carbocycles. The van der Waals surface area contributed by atoms with Crippen molar-refractivity contribution in [2.24, 2.45) is 5.10 Å². The van der Waals surface area contributed by atoms with Crippen LogP contribution in [0.3, 0.4) is 0 Å². The van der Waals surface area contributed by atoms with Gasteiger partial charge in [0.25, 0.3) is 5.91 Å². The molecule has 0 saturated carbocycles. The number of halogens is 1. The molecule has 4 heteroatoms. The van der Waals surface area contributed by atoms with Crippen molar-refractivity contribution in [2.75, 3.05) is 0 Å². The Hall–Kier alpha value is -1.95. The third kappa shape index (κ3) is 5.15. The third-order valence-corrected chi connectivity index (χ3v) is 3.48. The van der Waals surface area contributed by atoms with Crippen LogP contribution in [0.25, 0.3) is 6.08 Å². The summed E-state index contributed by atoms with van der Waals surface area (Å²) in [4.78, 5) is 11.9. The molecule has 2 aromatic carbocycles. The fourth-order valence-corrected chi connectivity index (χ4v) is 1.98. The summed E-state index contributed by atoms with van der Waals surface area (Å²) in [5.41, 5.74) is 4.97. The molecule has 0 saturated heterocycles. The van der Waals surface area contributed by atoms with Crippen LogP contribution in [-0.2, 0) is 0 Å². The second-order valence-electron chi connectivity index (χ2n) is 4.45.